The predicted octanol–water partition coefficient (Wildman–Crippen LogP) is 1.05. The Hall–Kier alpha value is -4.34. The molecular weight excluding hydrogens is 430 g/mol. The lowest BCUT2D eigenvalue weighted by molar-refractivity contribution is -0.312. The summed E-state index contributed by atoms with van der Waals surface area (Å²) >= 11 is 0. The molecule has 10 nitrogen and oxygen atoms in total. The van der Waals surface area contributed by atoms with Gasteiger partial charge in [-0.3, -0.25) is 9.59 Å². The highest BCUT2D eigenvalue weighted by Gasteiger charge is 2.35. The Kier molecular flexibility index (Phi) is 6.97. The van der Waals surface area contributed by atoms with Gasteiger partial charge in [0.05, 0.1) is 13.1 Å². The molecule has 1 aliphatic heterocycles. The molecule has 3 rings (SSSR count). The first kappa shape index (κ1) is 23.3. The maximum atomic E-state index is 12.7. The van der Waals surface area contributed by atoms with Crippen LogP contribution < -0.4 is 25.2 Å². The van der Waals surface area contributed by atoms with Gasteiger partial charge in [0.25, 0.3) is 5.91 Å². The third-order valence-corrected chi connectivity index (χ3v) is 4.73. The molecule has 2 aromatic carbocycles. The molecule has 0 aliphatic carbocycles. The van der Waals surface area contributed by atoms with E-state index in [1.54, 1.807) is 18.2 Å². The Balaban J connectivity index is 1.71. The van der Waals surface area contributed by atoms with Crippen LogP contribution in [0.4, 0.5) is 10.5 Å². The maximum Gasteiger partial charge on any atom is 0.329 e. The van der Waals surface area contributed by atoms with Gasteiger partial charge < -0.3 is 30.0 Å². The van der Waals surface area contributed by atoms with E-state index in [4.69, 9.17) is 9.47 Å². The minimum Gasteiger partial charge on any atom is -0.546 e. The van der Waals surface area contributed by atoms with Gasteiger partial charge in [-0.2, -0.15) is 0 Å². The molecule has 0 unspecified atom stereocenters. The minimum absolute atomic E-state index is 0.0260. The molecule has 2 aromatic rings. The minimum atomic E-state index is -1.38. The summed E-state index contributed by atoms with van der Waals surface area (Å²) in [7, 11) is 1.37. The van der Waals surface area contributed by atoms with Crippen LogP contribution in [0.15, 0.2) is 48.2 Å². The number of carboxylic acids is 1. The van der Waals surface area contributed by atoms with Crippen molar-refractivity contribution in [2.24, 2.45) is 0 Å². The average molecular weight is 452 g/mol. The number of benzene rings is 2. The zero-order valence-electron chi connectivity index (χ0n) is 18.2. The van der Waals surface area contributed by atoms with Crippen LogP contribution in [-0.4, -0.2) is 48.5 Å². The van der Waals surface area contributed by atoms with Crippen LogP contribution in [0.3, 0.4) is 0 Å². The van der Waals surface area contributed by atoms with Gasteiger partial charge in [-0.05, 0) is 49.8 Å². The summed E-state index contributed by atoms with van der Waals surface area (Å²) in [6, 6.07) is 10.9. The van der Waals surface area contributed by atoms with Crippen LogP contribution in [0, 0.1) is 6.92 Å². The number of methoxy groups -OCH3 is 1. The number of carboxylic acid groups (broad SMARTS) is 1. The van der Waals surface area contributed by atoms with Crippen LogP contribution >= 0.6 is 0 Å². The van der Waals surface area contributed by atoms with Crippen LogP contribution in [-0.2, 0) is 14.4 Å². The molecule has 1 atom stereocenters. The fourth-order valence-corrected chi connectivity index (χ4v) is 2.97. The van der Waals surface area contributed by atoms with Crippen molar-refractivity contribution in [2.45, 2.75) is 20.0 Å². The molecule has 1 saturated heterocycles. The number of urea groups is 1. The number of ether oxygens (including phenoxy) is 2. The summed E-state index contributed by atoms with van der Waals surface area (Å²) in [5.41, 5.74) is 2.04. The van der Waals surface area contributed by atoms with Gasteiger partial charge in [0.2, 0.25) is 5.91 Å². The highest BCUT2D eigenvalue weighted by Crippen LogP contribution is 2.30. The van der Waals surface area contributed by atoms with E-state index in [2.05, 4.69) is 10.6 Å². The van der Waals surface area contributed by atoms with Gasteiger partial charge in [0.1, 0.15) is 18.3 Å². The lowest BCUT2D eigenvalue weighted by atomic mass is 10.1. The Morgan fingerprint density at radius 3 is 2.48 bits per heavy atom. The molecule has 33 heavy (non-hydrogen) atoms. The summed E-state index contributed by atoms with van der Waals surface area (Å²) < 4.78 is 10.5. The number of nitrogens with one attached hydrogen (secondary N) is 2. The molecule has 1 heterocycles. The number of anilines is 1. The van der Waals surface area contributed by atoms with Gasteiger partial charge in [0, 0.05) is 5.69 Å². The lowest BCUT2D eigenvalue weighted by Crippen LogP contribution is -2.38. The summed E-state index contributed by atoms with van der Waals surface area (Å²) in [4.78, 5) is 48.9. The van der Waals surface area contributed by atoms with E-state index < -0.39 is 36.5 Å². The Bertz CT molecular complexity index is 1130. The van der Waals surface area contributed by atoms with E-state index >= 15 is 0 Å². The molecule has 0 saturated carbocycles. The molecular formula is C23H22N3O7-. The summed E-state index contributed by atoms with van der Waals surface area (Å²) in [5.74, 6) is -2.16. The van der Waals surface area contributed by atoms with Crippen LogP contribution in [0.25, 0.3) is 6.08 Å². The number of amides is 4. The van der Waals surface area contributed by atoms with E-state index in [-0.39, 0.29) is 17.2 Å². The van der Waals surface area contributed by atoms with Crippen molar-refractivity contribution in [1.29, 1.82) is 0 Å². The molecule has 1 aliphatic rings. The Labute approximate surface area is 189 Å². The predicted molar refractivity (Wildman–Crippen MR) is 116 cm³/mol. The van der Waals surface area contributed by atoms with E-state index in [0.29, 0.717) is 11.3 Å². The molecule has 1 fully saturated rings. The van der Waals surface area contributed by atoms with Crippen molar-refractivity contribution in [3.05, 3.63) is 59.3 Å². The number of aliphatic carboxylic acids is 1. The van der Waals surface area contributed by atoms with Gasteiger partial charge in [0.15, 0.2) is 11.5 Å². The number of hydrogen-bond donors (Lipinski definition) is 2. The first-order valence-electron chi connectivity index (χ1n) is 9.94. The smallest absolute Gasteiger partial charge is 0.329 e. The maximum absolute atomic E-state index is 12.7. The SMILES string of the molecule is COc1cc(/C=C2/NC(=O)N(CC(=O)Nc3ccc(C)cc3)C2=O)ccc1O[C@@H](C)C(=O)[O-]. The van der Waals surface area contributed by atoms with Gasteiger partial charge in [-0.1, -0.05) is 23.8 Å². The Morgan fingerprint density at radius 1 is 1.15 bits per heavy atom. The second-order valence-corrected chi connectivity index (χ2v) is 7.28. The van der Waals surface area contributed by atoms with E-state index in [9.17, 15) is 24.3 Å². The van der Waals surface area contributed by atoms with Crippen molar-refractivity contribution in [3.8, 4) is 11.5 Å². The van der Waals surface area contributed by atoms with Crippen LogP contribution in [0.1, 0.15) is 18.1 Å². The van der Waals surface area contributed by atoms with E-state index in [0.717, 1.165) is 10.5 Å². The highest BCUT2D eigenvalue weighted by atomic mass is 16.5. The van der Waals surface area contributed by atoms with Crippen molar-refractivity contribution < 1.29 is 33.8 Å². The summed E-state index contributed by atoms with van der Waals surface area (Å²) in [6.45, 7) is 2.78. The van der Waals surface area contributed by atoms with E-state index in [1.807, 2.05) is 19.1 Å². The quantitative estimate of drug-likeness (QED) is 0.451. The van der Waals surface area contributed by atoms with Gasteiger partial charge in [-0.15, -0.1) is 0 Å². The van der Waals surface area contributed by atoms with Crippen molar-refractivity contribution in [3.63, 3.8) is 0 Å². The molecule has 4 amide bonds. The number of rotatable bonds is 8. The molecule has 0 bridgehead atoms. The van der Waals surface area contributed by atoms with Gasteiger partial charge >= 0.3 is 6.03 Å². The average Bonchev–Trinajstić information content (AvgIpc) is 3.03. The molecule has 172 valence electrons. The molecule has 0 aromatic heterocycles. The Morgan fingerprint density at radius 2 is 1.85 bits per heavy atom. The third kappa shape index (κ3) is 5.67. The van der Waals surface area contributed by atoms with E-state index in [1.165, 1.54) is 32.2 Å². The standard InChI is InChI=1S/C23H23N3O7/c1-13-4-7-16(8-5-13)24-20(27)12-26-21(28)17(25-23(26)31)10-15-6-9-18(19(11-15)32-3)33-14(2)22(29)30/h4-11,14H,12H2,1-3H3,(H,24,27)(H,25,31)(H,29,30)/p-1/b17-10+/t14-/m0/s1. The highest BCUT2D eigenvalue weighted by molar-refractivity contribution is 6.16. The number of nitrogens with zero attached hydrogens (tertiary/aromatic N) is 1. The van der Waals surface area contributed by atoms with Gasteiger partial charge in [-0.25, -0.2) is 9.69 Å². The zero-order valence-corrected chi connectivity index (χ0v) is 18.2. The number of aryl methyl sites for hydroxylation is 1. The van der Waals surface area contributed by atoms with Crippen LogP contribution in [0.2, 0.25) is 0 Å². The zero-order chi connectivity index (χ0) is 24.1. The number of carbonyl (C=O) groups excluding carboxylic acids is 4. The second-order valence-electron chi connectivity index (χ2n) is 7.28. The second kappa shape index (κ2) is 9.86. The number of imide groups is 1. The molecule has 10 heteroatoms. The largest absolute Gasteiger partial charge is 0.546 e. The topological polar surface area (TPSA) is 137 Å². The summed E-state index contributed by atoms with van der Waals surface area (Å²) in [6.07, 6.45) is 0.213. The first-order chi connectivity index (χ1) is 15.7. The first-order valence-corrected chi connectivity index (χ1v) is 9.94. The molecule has 0 spiro atoms. The fraction of sp³-hybridized carbons (Fsp3) is 0.217. The lowest BCUT2D eigenvalue weighted by Gasteiger charge is -2.17. The van der Waals surface area contributed by atoms with Crippen molar-refractivity contribution in [2.75, 3.05) is 19.0 Å². The number of carbonyl (C=O) groups is 4. The molecule has 0 radical (unpaired) electrons. The fourth-order valence-electron chi connectivity index (χ4n) is 2.97. The number of hydrogen-bond acceptors (Lipinski definition) is 7. The molecule has 2 N–H and O–H groups in total. The van der Waals surface area contributed by atoms with Crippen molar-refractivity contribution in [1.82, 2.24) is 10.2 Å². The normalized spacial score (nSPS) is 15.2. The van der Waals surface area contributed by atoms with Crippen molar-refractivity contribution >= 4 is 35.6 Å². The summed E-state index contributed by atoms with van der Waals surface area (Å²) in [5, 5.41) is 16.0. The van der Waals surface area contributed by atoms with Crippen LogP contribution in [0.5, 0.6) is 11.5 Å². The monoisotopic (exact) mass is 452 g/mol. The third-order valence-electron chi connectivity index (χ3n) is 4.73.